The van der Waals surface area contributed by atoms with Crippen molar-refractivity contribution in [2.45, 2.75) is 37.5 Å². The molecule has 0 saturated heterocycles. The maximum absolute atomic E-state index is 13.5. The van der Waals surface area contributed by atoms with Gasteiger partial charge in [-0.05, 0) is 48.2 Å². The van der Waals surface area contributed by atoms with E-state index in [1.807, 2.05) is 6.07 Å². The third-order valence-corrected chi connectivity index (χ3v) is 6.52. The highest BCUT2D eigenvalue weighted by Gasteiger charge is 2.46. The van der Waals surface area contributed by atoms with Gasteiger partial charge in [-0.1, -0.05) is 6.07 Å². The molecule has 10 nitrogen and oxygen atoms in total. The number of carbonyl (C=O) groups excluding carboxylic acids is 2. The SMILES string of the molecule is N#Cc1ccc(-c2nn3c(c2NC(=O)COC(F)(F)F)C(=O)N[C@]2(CCc4cc(OCC(F)(F)F)ccc42)C3)nc1. The third kappa shape index (κ3) is 5.80. The first-order valence-corrected chi connectivity index (χ1v) is 11.9. The summed E-state index contributed by atoms with van der Waals surface area (Å²) in [5, 5.41) is 18.6. The van der Waals surface area contributed by atoms with E-state index in [9.17, 15) is 35.9 Å². The number of hydrogen-bond donors (Lipinski definition) is 2. The maximum atomic E-state index is 13.5. The number of nitriles is 1. The van der Waals surface area contributed by atoms with Crippen molar-refractivity contribution in [1.82, 2.24) is 20.1 Å². The van der Waals surface area contributed by atoms with Gasteiger partial charge in [0, 0.05) is 6.20 Å². The number of rotatable bonds is 6. The van der Waals surface area contributed by atoms with Crippen LogP contribution >= 0.6 is 0 Å². The number of fused-ring (bicyclic) bond motifs is 3. The fraction of sp³-hybridized carbons (Fsp3) is 0.320. The number of carbonyl (C=O) groups is 2. The zero-order chi connectivity index (χ0) is 29.6. The summed E-state index contributed by atoms with van der Waals surface area (Å²) >= 11 is 0. The summed E-state index contributed by atoms with van der Waals surface area (Å²) in [4.78, 5) is 29.9. The maximum Gasteiger partial charge on any atom is 0.523 e. The summed E-state index contributed by atoms with van der Waals surface area (Å²) in [7, 11) is 0. The number of nitrogens with zero attached hydrogens (tertiary/aromatic N) is 4. The van der Waals surface area contributed by atoms with Crippen LogP contribution in [0.5, 0.6) is 5.75 Å². The van der Waals surface area contributed by atoms with Gasteiger partial charge in [-0.15, -0.1) is 13.2 Å². The van der Waals surface area contributed by atoms with Crippen LogP contribution in [0.15, 0.2) is 36.5 Å². The molecule has 2 amide bonds. The lowest BCUT2D eigenvalue weighted by molar-refractivity contribution is -0.320. The van der Waals surface area contributed by atoms with Crippen LogP contribution in [0.1, 0.15) is 33.6 Å². The van der Waals surface area contributed by atoms with Crippen molar-refractivity contribution in [2.75, 3.05) is 18.5 Å². The average molecular weight is 580 g/mol. The highest BCUT2D eigenvalue weighted by molar-refractivity contribution is 6.07. The van der Waals surface area contributed by atoms with Crippen molar-refractivity contribution in [1.29, 1.82) is 5.26 Å². The van der Waals surface area contributed by atoms with E-state index < -0.39 is 43.1 Å². The molecule has 0 unspecified atom stereocenters. The van der Waals surface area contributed by atoms with E-state index in [0.29, 0.717) is 24.0 Å². The summed E-state index contributed by atoms with van der Waals surface area (Å²) in [5.41, 5.74) is 0.212. The number of benzene rings is 1. The number of hydrogen-bond acceptors (Lipinski definition) is 7. The molecule has 41 heavy (non-hydrogen) atoms. The Labute approximate surface area is 226 Å². The van der Waals surface area contributed by atoms with Gasteiger partial charge in [0.15, 0.2) is 12.3 Å². The van der Waals surface area contributed by atoms with Crippen LogP contribution in [0.25, 0.3) is 11.4 Å². The number of anilines is 1. The largest absolute Gasteiger partial charge is 0.523 e. The molecule has 0 radical (unpaired) electrons. The number of amides is 2. The second-order valence-electron chi connectivity index (χ2n) is 9.32. The molecular formula is C25H18F6N6O4. The van der Waals surface area contributed by atoms with Gasteiger partial charge in [-0.25, -0.2) is 0 Å². The second kappa shape index (κ2) is 10.1. The van der Waals surface area contributed by atoms with Gasteiger partial charge in [-0.2, -0.15) is 23.5 Å². The highest BCUT2D eigenvalue weighted by atomic mass is 19.4. The van der Waals surface area contributed by atoms with E-state index in [4.69, 9.17) is 10.00 Å². The highest BCUT2D eigenvalue weighted by Crippen LogP contribution is 2.44. The Hall–Kier alpha value is -4.65. The molecule has 3 aromatic rings. The van der Waals surface area contributed by atoms with Crippen LogP contribution in [0, 0.1) is 11.3 Å². The Morgan fingerprint density at radius 1 is 1.20 bits per heavy atom. The molecule has 1 aliphatic heterocycles. The van der Waals surface area contributed by atoms with E-state index in [2.05, 4.69) is 25.5 Å². The van der Waals surface area contributed by atoms with Crippen molar-refractivity contribution in [3.63, 3.8) is 0 Å². The zero-order valence-electron chi connectivity index (χ0n) is 20.7. The predicted octanol–water partition coefficient (Wildman–Crippen LogP) is 3.82. The molecule has 2 N–H and O–H groups in total. The van der Waals surface area contributed by atoms with Crippen molar-refractivity contribution in [3.05, 3.63) is 58.9 Å². The quantitative estimate of drug-likeness (QED) is 0.424. The van der Waals surface area contributed by atoms with E-state index in [-0.39, 0.29) is 40.6 Å². The van der Waals surface area contributed by atoms with Crippen LogP contribution in [0.4, 0.5) is 32.0 Å². The van der Waals surface area contributed by atoms with Crippen LogP contribution in [0.3, 0.4) is 0 Å². The molecule has 1 aliphatic carbocycles. The summed E-state index contributed by atoms with van der Waals surface area (Å²) in [6.07, 6.45) is -7.59. The lowest BCUT2D eigenvalue weighted by atomic mass is 9.89. The number of pyridine rings is 1. The summed E-state index contributed by atoms with van der Waals surface area (Å²) in [5.74, 6) is -1.90. The minimum atomic E-state index is -5.06. The van der Waals surface area contributed by atoms with Gasteiger partial charge >= 0.3 is 12.5 Å². The molecule has 3 heterocycles. The normalized spacial score (nSPS) is 17.9. The van der Waals surface area contributed by atoms with E-state index in [1.54, 1.807) is 6.07 Å². The van der Waals surface area contributed by atoms with E-state index in [0.717, 1.165) is 0 Å². The summed E-state index contributed by atoms with van der Waals surface area (Å²) in [6, 6.07) is 9.09. The predicted molar refractivity (Wildman–Crippen MR) is 126 cm³/mol. The molecule has 2 aromatic heterocycles. The van der Waals surface area contributed by atoms with Crippen molar-refractivity contribution >= 4 is 17.5 Å². The number of aryl methyl sites for hydroxylation is 1. The van der Waals surface area contributed by atoms with Gasteiger partial charge in [-0.3, -0.25) is 24.0 Å². The smallest absolute Gasteiger partial charge is 0.484 e. The summed E-state index contributed by atoms with van der Waals surface area (Å²) < 4.78 is 84.9. The lowest BCUT2D eigenvalue weighted by Crippen LogP contribution is -2.52. The molecule has 0 fully saturated rings. The van der Waals surface area contributed by atoms with Gasteiger partial charge in [0.1, 0.15) is 29.8 Å². The molecule has 1 spiro atoms. The number of aromatic nitrogens is 3. The Morgan fingerprint density at radius 2 is 1.98 bits per heavy atom. The number of nitrogens with one attached hydrogen (secondary N) is 2. The summed E-state index contributed by atoms with van der Waals surface area (Å²) in [6.45, 7) is -2.81. The molecule has 0 bridgehead atoms. The van der Waals surface area contributed by atoms with E-state index in [1.165, 1.54) is 35.1 Å². The molecule has 16 heteroatoms. The van der Waals surface area contributed by atoms with Gasteiger partial charge in [0.05, 0.1) is 23.3 Å². The first-order valence-electron chi connectivity index (χ1n) is 11.9. The molecular weight excluding hydrogens is 562 g/mol. The zero-order valence-corrected chi connectivity index (χ0v) is 20.7. The Kier molecular flexibility index (Phi) is 6.85. The molecule has 2 aliphatic rings. The number of halogens is 6. The Bertz CT molecular complexity index is 1560. The lowest BCUT2D eigenvalue weighted by Gasteiger charge is -2.36. The van der Waals surface area contributed by atoms with Crippen LogP contribution in [-0.4, -0.2) is 52.3 Å². The van der Waals surface area contributed by atoms with Crippen molar-refractivity contribution in [2.24, 2.45) is 0 Å². The molecule has 5 rings (SSSR count). The van der Waals surface area contributed by atoms with Crippen LogP contribution in [0.2, 0.25) is 0 Å². The second-order valence-corrected chi connectivity index (χ2v) is 9.32. The van der Waals surface area contributed by atoms with Gasteiger partial charge in [0.2, 0.25) is 0 Å². The fourth-order valence-electron chi connectivity index (χ4n) is 4.87. The monoisotopic (exact) mass is 580 g/mol. The van der Waals surface area contributed by atoms with Crippen LogP contribution in [-0.2, 0) is 28.0 Å². The molecule has 214 valence electrons. The number of alkyl halides is 6. The molecule has 0 saturated carbocycles. The topological polar surface area (TPSA) is 131 Å². The minimum absolute atomic E-state index is 0.0142. The standard InChI is InChI=1S/C25H18F6N6O4/c26-24(27,28)12-40-15-2-3-16-14(7-15)5-6-23(16)11-37-21(22(39)35-23)20(34-18(38)10-41-25(29,30)31)19(36-37)17-4-1-13(8-32)9-33-17/h1-4,7,9H,5-6,10-12H2,(H,34,38)(H,35,39)/t23-/m1/s1. The Balaban J connectivity index is 1.49. The van der Waals surface area contributed by atoms with Gasteiger partial charge < -0.3 is 15.4 Å². The fourth-order valence-corrected chi connectivity index (χ4v) is 4.87. The minimum Gasteiger partial charge on any atom is -0.484 e. The molecule has 1 atom stereocenters. The van der Waals surface area contributed by atoms with E-state index >= 15 is 0 Å². The average Bonchev–Trinajstić information content (AvgIpc) is 3.43. The van der Waals surface area contributed by atoms with Crippen molar-refractivity contribution in [3.8, 4) is 23.2 Å². The van der Waals surface area contributed by atoms with Crippen LogP contribution < -0.4 is 15.4 Å². The molecule has 1 aromatic carbocycles. The Morgan fingerprint density at radius 3 is 2.63 bits per heavy atom. The first-order chi connectivity index (χ1) is 19.3. The van der Waals surface area contributed by atoms with Crippen molar-refractivity contribution < 1.29 is 45.4 Å². The first kappa shape index (κ1) is 27.9. The van der Waals surface area contributed by atoms with Gasteiger partial charge in [0.25, 0.3) is 11.8 Å². The number of ether oxygens (including phenoxy) is 2. The third-order valence-electron chi connectivity index (χ3n) is 6.52.